The fourth-order valence-corrected chi connectivity index (χ4v) is 5.08. The lowest BCUT2D eigenvalue weighted by Crippen LogP contribution is -2.37. The van der Waals surface area contributed by atoms with Gasteiger partial charge in [0.25, 0.3) is 0 Å². The topological polar surface area (TPSA) is 108 Å². The summed E-state index contributed by atoms with van der Waals surface area (Å²) in [6.07, 6.45) is 24.2. The second kappa shape index (κ2) is 27.1. The Labute approximate surface area is 263 Å². The molecule has 0 saturated carbocycles. The third-order valence-electron chi connectivity index (χ3n) is 7.02. The molecule has 9 nitrogen and oxygen atoms in total. The lowest BCUT2D eigenvalue weighted by atomic mass is 10.1. The van der Waals surface area contributed by atoms with E-state index >= 15 is 0 Å². The second-order valence-corrected chi connectivity index (χ2v) is 14.0. The van der Waals surface area contributed by atoms with Crippen molar-refractivity contribution in [2.45, 2.75) is 142 Å². The number of phosphoric ester groups is 1. The van der Waals surface area contributed by atoms with E-state index in [1.165, 1.54) is 70.6 Å². The van der Waals surface area contributed by atoms with Gasteiger partial charge in [-0.05, 0) is 38.5 Å². The van der Waals surface area contributed by atoms with Crippen molar-refractivity contribution >= 4 is 19.8 Å². The van der Waals surface area contributed by atoms with Crippen molar-refractivity contribution in [1.29, 1.82) is 0 Å². The fourth-order valence-electron chi connectivity index (χ4n) is 4.34. The number of allylic oxidation sites excluding steroid dienone is 2. The molecule has 2 unspecified atom stereocenters. The maximum atomic E-state index is 12.4. The molecule has 43 heavy (non-hydrogen) atoms. The van der Waals surface area contributed by atoms with Crippen molar-refractivity contribution < 1.29 is 42.1 Å². The maximum absolute atomic E-state index is 12.4. The van der Waals surface area contributed by atoms with Crippen LogP contribution in [0.5, 0.6) is 0 Å². The van der Waals surface area contributed by atoms with Gasteiger partial charge in [0, 0.05) is 12.8 Å². The third kappa shape index (κ3) is 30.6. The molecule has 0 aliphatic heterocycles. The number of phosphoric acid groups is 1. The van der Waals surface area contributed by atoms with Gasteiger partial charge in [0.05, 0.1) is 27.7 Å². The van der Waals surface area contributed by atoms with Crippen LogP contribution in [0.2, 0.25) is 0 Å². The van der Waals surface area contributed by atoms with Gasteiger partial charge < -0.3 is 18.9 Å². The number of nitrogens with zero attached hydrogens (tertiary/aromatic N) is 1. The van der Waals surface area contributed by atoms with Gasteiger partial charge in [-0.25, -0.2) is 4.57 Å². The maximum Gasteiger partial charge on any atom is 0.472 e. The Morgan fingerprint density at radius 1 is 0.698 bits per heavy atom. The minimum absolute atomic E-state index is 0.0314. The van der Waals surface area contributed by atoms with Gasteiger partial charge in [0.1, 0.15) is 19.8 Å². The van der Waals surface area contributed by atoms with Crippen molar-refractivity contribution in [2.75, 3.05) is 47.5 Å². The highest BCUT2D eigenvalue weighted by atomic mass is 31.2. The molecular weight excluding hydrogens is 569 g/mol. The van der Waals surface area contributed by atoms with Crippen LogP contribution in [0.3, 0.4) is 0 Å². The predicted molar refractivity (Wildman–Crippen MR) is 174 cm³/mol. The molecule has 0 aliphatic rings. The number of rotatable bonds is 30. The average molecular weight is 635 g/mol. The molecule has 254 valence electrons. The molecule has 0 aromatic carbocycles. The van der Waals surface area contributed by atoms with Gasteiger partial charge in [0.2, 0.25) is 0 Å². The van der Waals surface area contributed by atoms with Crippen LogP contribution < -0.4 is 0 Å². The Balaban J connectivity index is 4.09. The highest BCUT2D eigenvalue weighted by Crippen LogP contribution is 2.43. The van der Waals surface area contributed by atoms with E-state index in [1.54, 1.807) is 0 Å². The van der Waals surface area contributed by atoms with Crippen LogP contribution in [0.25, 0.3) is 0 Å². The molecule has 0 spiro atoms. The zero-order valence-corrected chi connectivity index (χ0v) is 29.1. The summed E-state index contributed by atoms with van der Waals surface area (Å²) < 4.78 is 33.5. The predicted octanol–water partition coefficient (Wildman–Crippen LogP) is 8.29. The second-order valence-electron chi connectivity index (χ2n) is 12.6. The van der Waals surface area contributed by atoms with E-state index in [9.17, 15) is 19.0 Å². The summed E-state index contributed by atoms with van der Waals surface area (Å²) in [5.41, 5.74) is 0. The number of ether oxygens (including phenoxy) is 2. The number of carbonyl (C=O) groups is 2. The minimum Gasteiger partial charge on any atom is -0.462 e. The molecule has 0 bridgehead atoms. The summed E-state index contributed by atoms with van der Waals surface area (Å²) >= 11 is 0. The number of hydrogen-bond acceptors (Lipinski definition) is 7. The standard InChI is InChI=1S/C33H64NO8P/c1-6-8-9-10-11-12-13-14-15-16-17-18-19-20-21-22-23-24-26-33(36)42-31(29-39-32(35)25-7-2)30-41-43(37,38)40-28-27-34(3,4)5/h15-16,31H,6-14,17-30H2,1-5H3/p+1/b16-15-. The van der Waals surface area contributed by atoms with Gasteiger partial charge in [-0.3, -0.25) is 18.6 Å². The van der Waals surface area contributed by atoms with Gasteiger partial charge in [-0.15, -0.1) is 0 Å². The average Bonchev–Trinajstić information content (AvgIpc) is 2.93. The van der Waals surface area contributed by atoms with Crippen LogP contribution in [0.15, 0.2) is 12.2 Å². The molecule has 0 radical (unpaired) electrons. The molecular formula is C33H65NO8P+. The Hall–Kier alpha value is -1.25. The largest absolute Gasteiger partial charge is 0.472 e. The van der Waals surface area contributed by atoms with Gasteiger partial charge in [-0.2, -0.15) is 0 Å². The van der Waals surface area contributed by atoms with Crippen molar-refractivity contribution in [1.82, 2.24) is 0 Å². The molecule has 0 aromatic heterocycles. The van der Waals surface area contributed by atoms with Crippen molar-refractivity contribution in [3.8, 4) is 0 Å². The smallest absolute Gasteiger partial charge is 0.462 e. The first-order valence-electron chi connectivity index (χ1n) is 16.9. The van der Waals surface area contributed by atoms with E-state index in [1.807, 2.05) is 28.1 Å². The Kier molecular flexibility index (Phi) is 26.3. The third-order valence-corrected chi connectivity index (χ3v) is 8.00. The number of likely N-dealkylation sites (N-methyl/N-ethyl adjacent to an activating group) is 1. The zero-order valence-electron chi connectivity index (χ0n) is 28.2. The fraction of sp³-hybridized carbons (Fsp3) is 0.879. The number of quaternary nitrogens is 1. The monoisotopic (exact) mass is 634 g/mol. The lowest BCUT2D eigenvalue weighted by molar-refractivity contribution is -0.870. The quantitative estimate of drug-likeness (QED) is 0.0276. The summed E-state index contributed by atoms with van der Waals surface area (Å²) in [6.45, 7) is 4.01. The minimum atomic E-state index is -4.34. The van der Waals surface area contributed by atoms with Crippen LogP contribution in [0.1, 0.15) is 136 Å². The summed E-state index contributed by atoms with van der Waals surface area (Å²) in [5, 5.41) is 0. The van der Waals surface area contributed by atoms with Crippen molar-refractivity contribution in [2.24, 2.45) is 0 Å². The molecule has 0 heterocycles. The zero-order chi connectivity index (χ0) is 32.2. The first-order chi connectivity index (χ1) is 20.5. The van der Waals surface area contributed by atoms with E-state index in [0.29, 0.717) is 23.9 Å². The van der Waals surface area contributed by atoms with Crippen molar-refractivity contribution in [3.05, 3.63) is 12.2 Å². The summed E-state index contributed by atoms with van der Waals surface area (Å²) in [4.78, 5) is 34.2. The number of esters is 2. The van der Waals surface area contributed by atoms with Crippen LogP contribution in [0.4, 0.5) is 0 Å². The SMILES string of the molecule is CCCCCCCCC/C=C\CCCCCCCCCC(=O)OC(COC(=O)CCC)COP(=O)(O)OCC[N+](C)(C)C. The van der Waals surface area contributed by atoms with E-state index < -0.39 is 32.5 Å². The Bertz CT molecular complexity index is 768. The number of hydrogen-bond donors (Lipinski definition) is 1. The molecule has 0 aliphatic carbocycles. The molecule has 1 N–H and O–H groups in total. The summed E-state index contributed by atoms with van der Waals surface area (Å²) in [7, 11) is 1.47. The molecule has 0 rings (SSSR count). The van der Waals surface area contributed by atoms with Crippen LogP contribution in [-0.2, 0) is 32.7 Å². The number of carbonyl (C=O) groups excluding carboxylic acids is 2. The van der Waals surface area contributed by atoms with E-state index in [2.05, 4.69) is 19.1 Å². The van der Waals surface area contributed by atoms with Crippen molar-refractivity contribution in [3.63, 3.8) is 0 Å². The lowest BCUT2D eigenvalue weighted by Gasteiger charge is -2.24. The van der Waals surface area contributed by atoms with E-state index in [4.69, 9.17) is 18.5 Å². The number of unbranched alkanes of at least 4 members (excludes halogenated alkanes) is 14. The van der Waals surface area contributed by atoms with Gasteiger partial charge in [-0.1, -0.05) is 96.6 Å². The highest BCUT2D eigenvalue weighted by molar-refractivity contribution is 7.47. The normalized spacial score (nSPS) is 14.1. The van der Waals surface area contributed by atoms with Crippen LogP contribution >= 0.6 is 7.82 Å². The highest BCUT2D eigenvalue weighted by Gasteiger charge is 2.27. The van der Waals surface area contributed by atoms with Gasteiger partial charge in [0.15, 0.2) is 6.10 Å². The van der Waals surface area contributed by atoms with E-state index in [-0.39, 0.29) is 26.1 Å². The van der Waals surface area contributed by atoms with Crippen LogP contribution in [0, 0.1) is 0 Å². The molecule has 0 aromatic rings. The summed E-state index contributed by atoms with van der Waals surface area (Å²) in [6, 6.07) is 0. The van der Waals surface area contributed by atoms with Gasteiger partial charge >= 0.3 is 19.8 Å². The Morgan fingerprint density at radius 2 is 1.23 bits per heavy atom. The van der Waals surface area contributed by atoms with E-state index in [0.717, 1.165) is 25.7 Å². The first-order valence-corrected chi connectivity index (χ1v) is 18.4. The molecule has 0 amide bonds. The molecule has 10 heteroatoms. The van der Waals surface area contributed by atoms with Crippen LogP contribution in [-0.4, -0.2) is 74.9 Å². The first kappa shape index (κ1) is 41.8. The molecule has 0 fully saturated rings. The molecule has 0 saturated heterocycles. The summed E-state index contributed by atoms with van der Waals surface area (Å²) in [5.74, 6) is -0.864. The molecule has 2 atom stereocenters. The Morgan fingerprint density at radius 3 is 1.77 bits per heavy atom.